The highest BCUT2D eigenvalue weighted by atomic mass is 35.5. The van der Waals surface area contributed by atoms with Crippen LogP contribution in [0.3, 0.4) is 0 Å². The first-order valence-electron chi connectivity index (χ1n) is 19.8. The van der Waals surface area contributed by atoms with Crippen LogP contribution in [0.25, 0.3) is 0 Å². The van der Waals surface area contributed by atoms with E-state index in [4.69, 9.17) is 42.1 Å². The molecule has 0 aromatic heterocycles. The Morgan fingerprint density at radius 2 is 1.45 bits per heavy atom. The van der Waals surface area contributed by atoms with E-state index in [2.05, 4.69) is 27.4 Å². The second-order valence-electron chi connectivity index (χ2n) is 15.2. The Labute approximate surface area is 358 Å². The number of nitrogens with zero attached hydrogens (tertiary/aromatic N) is 4. The van der Waals surface area contributed by atoms with E-state index in [1.54, 1.807) is 12.1 Å². The van der Waals surface area contributed by atoms with Crippen molar-refractivity contribution in [3.05, 3.63) is 87.4 Å². The van der Waals surface area contributed by atoms with Gasteiger partial charge in [-0.15, -0.1) is 12.4 Å². The molecule has 1 N–H and O–H groups in total. The summed E-state index contributed by atoms with van der Waals surface area (Å²) in [5.74, 6) is 0.931. The first-order chi connectivity index (χ1) is 27.5. The molecule has 3 aromatic carbocycles. The average Bonchev–Trinajstić information content (AvgIpc) is 3.69. The van der Waals surface area contributed by atoms with Crippen LogP contribution in [0.15, 0.2) is 60.7 Å². The van der Waals surface area contributed by atoms with E-state index in [-0.39, 0.29) is 41.6 Å². The number of methoxy groups -OCH3 is 3. The Bertz CT molecular complexity index is 1860. The standard InChI is InChI=1S/C43H55Cl2N5O7.ClH/c1-6-57-40(52)30(2)48-22-24-50(25-23-48)46-41(53)43(32-10-8-7-9-11-32)16-19-47(20-17-43)18-14-42(33-12-13-34(44)35(45)28-33)15-21-49(29-42)39(51)31-26-36(54-3)38(56-5)37(27-31)55-4;/h7-13,26-28,30H,6,14-25,29H2,1-5H3,(H,46,53);1H/t30-,42+;/m0./s1. The predicted molar refractivity (Wildman–Crippen MR) is 228 cm³/mol. The van der Waals surface area contributed by atoms with Crippen molar-refractivity contribution in [3.63, 3.8) is 0 Å². The average molecular weight is 861 g/mol. The Kier molecular flexibility index (Phi) is 15.6. The quantitative estimate of drug-likeness (QED) is 0.187. The van der Waals surface area contributed by atoms with E-state index >= 15 is 0 Å². The van der Waals surface area contributed by atoms with Gasteiger partial charge in [-0.3, -0.25) is 24.7 Å². The van der Waals surface area contributed by atoms with Gasteiger partial charge >= 0.3 is 5.97 Å². The maximum atomic E-state index is 14.4. The van der Waals surface area contributed by atoms with Gasteiger partial charge < -0.3 is 28.7 Å². The van der Waals surface area contributed by atoms with Gasteiger partial charge in [-0.05, 0) is 94.6 Å². The molecule has 0 radical (unpaired) electrons. The zero-order valence-corrected chi connectivity index (χ0v) is 36.4. The second kappa shape index (κ2) is 20.0. The second-order valence-corrected chi connectivity index (χ2v) is 16.0. The molecule has 0 aliphatic carbocycles. The van der Waals surface area contributed by atoms with Crippen molar-refractivity contribution >= 4 is 53.4 Å². The number of halogens is 3. The highest BCUT2D eigenvalue weighted by Gasteiger charge is 2.46. The van der Waals surface area contributed by atoms with Crippen LogP contribution in [0.5, 0.6) is 17.2 Å². The number of carbonyl (C=O) groups excluding carboxylic acids is 3. The van der Waals surface area contributed by atoms with E-state index in [1.165, 1.54) is 21.3 Å². The molecule has 2 atom stereocenters. The van der Waals surface area contributed by atoms with Crippen LogP contribution in [0.2, 0.25) is 10.0 Å². The fraction of sp³-hybridized carbons (Fsp3) is 0.512. The number of hydrogen-bond acceptors (Lipinski definition) is 10. The number of carbonyl (C=O) groups is 3. The Balaban J connectivity index is 0.00000641. The lowest BCUT2D eigenvalue weighted by molar-refractivity contribution is -0.150. The van der Waals surface area contributed by atoms with E-state index < -0.39 is 5.41 Å². The van der Waals surface area contributed by atoms with Crippen molar-refractivity contribution in [1.82, 2.24) is 25.1 Å². The number of piperazine rings is 1. The minimum absolute atomic E-state index is 0. The third-order valence-corrected chi connectivity index (χ3v) is 13.0. The smallest absolute Gasteiger partial charge is 0.323 e. The van der Waals surface area contributed by atoms with Crippen LogP contribution in [0.1, 0.15) is 61.0 Å². The molecule has 0 saturated carbocycles. The normalized spacial score (nSPS) is 20.4. The van der Waals surface area contributed by atoms with Crippen molar-refractivity contribution in [2.24, 2.45) is 0 Å². The fourth-order valence-electron chi connectivity index (χ4n) is 8.66. The van der Waals surface area contributed by atoms with E-state index in [1.807, 2.05) is 60.2 Å². The number of amides is 2. The van der Waals surface area contributed by atoms with Gasteiger partial charge in [-0.25, -0.2) is 5.01 Å². The molecule has 3 saturated heterocycles. The molecule has 0 bridgehead atoms. The summed E-state index contributed by atoms with van der Waals surface area (Å²) >= 11 is 13.0. The Hall–Kier alpha value is -3.78. The van der Waals surface area contributed by atoms with Crippen LogP contribution in [-0.4, -0.2) is 130 Å². The van der Waals surface area contributed by atoms with Gasteiger partial charge in [-0.1, -0.05) is 59.6 Å². The number of rotatable bonds is 14. The first-order valence-corrected chi connectivity index (χ1v) is 20.5. The van der Waals surface area contributed by atoms with E-state index in [0.717, 1.165) is 43.6 Å². The Morgan fingerprint density at radius 3 is 2.03 bits per heavy atom. The van der Waals surface area contributed by atoms with Crippen molar-refractivity contribution < 1.29 is 33.3 Å². The highest BCUT2D eigenvalue weighted by molar-refractivity contribution is 6.42. The zero-order valence-electron chi connectivity index (χ0n) is 34.1. The molecule has 3 heterocycles. The maximum Gasteiger partial charge on any atom is 0.323 e. The lowest BCUT2D eigenvalue weighted by atomic mass is 9.71. The third-order valence-electron chi connectivity index (χ3n) is 12.2. The van der Waals surface area contributed by atoms with Gasteiger partial charge in [0, 0.05) is 50.2 Å². The molecule has 2 amide bonds. The van der Waals surface area contributed by atoms with Crippen molar-refractivity contribution in [2.75, 3.05) is 86.8 Å². The maximum absolute atomic E-state index is 14.4. The van der Waals surface area contributed by atoms with Crippen molar-refractivity contribution in [1.29, 1.82) is 0 Å². The summed E-state index contributed by atoms with van der Waals surface area (Å²) in [4.78, 5) is 47.2. The highest BCUT2D eigenvalue weighted by Crippen LogP contribution is 2.43. The van der Waals surface area contributed by atoms with Gasteiger partial charge in [0.2, 0.25) is 11.7 Å². The van der Waals surface area contributed by atoms with Gasteiger partial charge in [-0.2, -0.15) is 0 Å². The van der Waals surface area contributed by atoms with Crippen LogP contribution < -0.4 is 19.6 Å². The molecule has 3 aliphatic rings. The summed E-state index contributed by atoms with van der Waals surface area (Å²) in [5.41, 5.74) is 4.72. The summed E-state index contributed by atoms with van der Waals surface area (Å²) in [7, 11) is 4.60. The number of hydrazine groups is 1. The van der Waals surface area contributed by atoms with Crippen LogP contribution in [-0.2, 0) is 25.2 Å². The molecule has 0 unspecified atom stereocenters. The van der Waals surface area contributed by atoms with E-state index in [9.17, 15) is 14.4 Å². The van der Waals surface area contributed by atoms with Gasteiger partial charge in [0.15, 0.2) is 11.5 Å². The molecule has 12 nitrogen and oxygen atoms in total. The summed E-state index contributed by atoms with van der Waals surface area (Å²) < 4.78 is 21.8. The molecule has 6 rings (SSSR count). The lowest BCUT2D eigenvalue weighted by Gasteiger charge is -2.44. The molecule has 58 heavy (non-hydrogen) atoms. The number of benzene rings is 3. The van der Waals surface area contributed by atoms with Crippen molar-refractivity contribution in [2.45, 2.75) is 56.4 Å². The molecule has 3 fully saturated rings. The molecule has 3 aromatic rings. The summed E-state index contributed by atoms with van der Waals surface area (Å²) in [6.07, 6.45) is 2.85. The molecule has 316 valence electrons. The number of piperidine rings is 1. The van der Waals surface area contributed by atoms with E-state index in [0.29, 0.717) is 91.6 Å². The largest absolute Gasteiger partial charge is 0.493 e. The summed E-state index contributed by atoms with van der Waals surface area (Å²) in [6, 6.07) is 19.0. The zero-order chi connectivity index (χ0) is 40.7. The topological polar surface area (TPSA) is 113 Å². The van der Waals surface area contributed by atoms with Crippen LogP contribution in [0.4, 0.5) is 0 Å². The molecule has 0 spiro atoms. The minimum atomic E-state index is -0.689. The summed E-state index contributed by atoms with van der Waals surface area (Å²) in [6.45, 7) is 9.87. The number of esters is 1. The number of ether oxygens (including phenoxy) is 4. The first kappa shape index (κ1) is 45.3. The molecular weight excluding hydrogens is 805 g/mol. The van der Waals surface area contributed by atoms with Gasteiger partial charge in [0.1, 0.15) is 6.04 Å². The Morgan fingerprint density at radius 1 is 0.793 bits per heavy atom. The predicted octanol–water partition coefficient (Wildman–Crippen LogP) is 6.25. The SMILES string of the molecule is CCOC(=O)[C@H](C)N1CCN(NC(=O)C2(c3ccccc3)CCN(CC[C@@]3(c4ccc(Cl)c(Cl)c4)CCN(C(=O)c4cc(OC)c(OC)c(OC)c4)C3)CC2)CC1.Cl. The molecule has 15 heteroatoms. The third kappa shape index (κ3) is 9.64. The minimum Gasteiger partial charge on any atom is -0.493 e. The number of hydrogen-bond donors (Lipinski definition) is 1. The number of nitrogens with one attached hydrogen (secondary N) is 1. The van der Waals surface area contributed by atoms with Gasteiger partial charge in [0.05, 0.1) is 43.4 Å². The molecule has 3 aliphatic heterocycles. The van der Waals surface area contributed by atoms with Gasteiger partial charge in [0.25, 0.3) is 5.91 Å². The number of likely N-dealkylation sites (tertiary alicyclic amines) is 2. The van der Waals surface area contributed by atoms with Crippen LogP contribution in [0, 0.1) is 0 Å². The lowest BCUT2D eigenvalue weighted by Crippen LogP contribution is -2.60. The fourth-order valence-corrected chi connectivity index (χ4v) is 8.96. The van der Waals surface area contributed by atoms with Crippen LogP contribution >= 0.6 is 35.6 Å². The molecular formula is C43H56Cl3N5O7. The monoisotopic (exact) mass is 859 g/mol. The summed E-state index contributed by atoms with van der Waals surface area (Å²) in [5, 5.41) is 2.95. The van der Waals surface area contributed by atoms with Crippen molar-refractivity contribution in [3.8, 4) is 17.2 Å².